The van der Waals surface area contributed by atoms with Gasteiger partial charge in [-0.25, -0.2) is 0 Å². The molecule has 0 bridgehead atoms. The molecule has 1 N–H and O–H groups in total. The van der Waals surface area contributed by atoms with Crippen LogP contribution in [0.15, 0.2) is 90.1 Å². The molecule has 0 spiro atoms. The number of hydrogen-bond donors (Lipinski definition) is 1. The highest BCUT2D eigenvalue weighted by Gasteiger charge is 2.15. The van der Waals surface area contributed by atoms with Crippen molar-refractivity contribution in [2.45, 2.75) is 50.1 Å². The fourth-order valence-electron chi connectivity index (χ4n) is 3.76. The summed E-state index contributed by atoms with van der Waals surface area (Å²) in [7, 11) is 0. The van der Waals surface area contributed by atoms with E-state index >= 15 is 0 Å². The molecule has 0 saturated heterocycles. The van der Waals surface area contributed by atoms with Crippen LogP contribution in [0.25, 0.3) is 5.69 Å². The Labute approximate surface area is 205 Å². The zero-order valence-corrected chi connectivity index (χ0v) is 20.3. The van der Waals surface area contributed by atoms with Crippen molar-refractivity contribution in [3.8, 4) is 5.69 Å². The zero-order chi connectivity index (χ0) is 23.6. The van der Waals surface area contributed by atoms with E-state index in [0.29, 0.717) is 13.0 Å². The Morgan fingerprint density at radius 1 is 0.882 bits per heavy atom. The zero-order valence-electron chi connectivity index (χ0n) is 19.5. The summed E-state index contributed by atoms with van der Waals surface area (Å²) in [5.74, 6) is 1.87. The summed E-state index contributed by atoms with van der Waals surface area (Å²) in [5.41, 5.74) is 4.77. The van der Waals surface area contributed by atoms with Gasteiger partial charge >= 0.3 is 0 Å². The molecule has 0 atom stereocenters. The molecule has 6 heteroatoms. The predicted octanol–water partition coefficient (Wildman–Crippen LogP) is 5.90. The van der Waals surface area contributed by atoms with E-state index in [4.69, 9.17) is 0 Å². The minimum atomic E-state index is 0.0860. The number of hydrogen-bond acceptors (Lipinski definition) is 4. The number of aryl methyl sites for hydroxylation is 2. The maximum absolute atomic E-state index is 12.2. The van der Waals surface area contributed by atoms with Gasteiger partial charge in [0.25, 0.3) is 0 Å². The molecule has 0 fully saturated rings. The van der Waals surface area contributed by atoms with Gasteiger partial charge in [0.05, 0.1) is 0 Å². The summed E-state index contributed by atoms with van der Waals surface area (Å²) in [5, 5.41) is 12.9. The first kappa shape index (κ1) is 23.8. The number of benzene rings is 3. The smallest absolute Gasteiger partial charge is 0.220 e. The Kier molecular flexibility index (Phi) is 8.52. The number of unbranched alkanes of at least 4 members (excludes halogenated alkanes) is 1. The van der Waals surface area contributed by atoms with Crippen molar-refractivity contribution in [3.05, 3.63) is 107 Å². The molecule has 174 valence electrons. The lowest BCUT2D eigenvalue weighted by Gasteiger charge is -2.11. The lowest BCUT2D eigenvalue weighted by Crippen LogP contribution is -2.22. The molecule has 5 nitrogen and oxygen atoms in total. The molecule has 1 heterocycles. The van der Waals surface area contributed by atoms with Crippen molar-refractivity contribution in [1.82, 2.24) is 20.1 Å². The number of thioether (sulfide) groups is 1. The van der Waals surface area contributed by atoms with E-state index in [-0.39, 0.29) is 5.91 Å². The van der Waals surface area contributed by atoms with Gasteiger partial charge in [-0.3, -0.25) is 9.36 Å². The molecule has 1 amide bonds. The van der Waals surface area contributed by atoms with Gasteiger partial charge in [-0.15, -0.1) is 10.2 Å². The van der Waals surface area contributed by atoms with E-state index in [2.05, 4.69) is 63.4 Å². The minimum absolute atomic E-state index is 0.0860. The third-order valence-electron chi connectivity index (χ3n) is 5.72. The molecule has 0 unspecified atom stereocenters. The van der Waals surface area contributed by atoms with Crippen LogP contribution in [0.2, 0.25) is 0 Å². The number of aromatic nitrogens is 3. The van der Waals surface area contributed by atoms with Gasteiger partial charge in [0.1, 0.15) is 5.82 Å². The molecule has 34 heavy (non-hydrogen) atoms. The normalized spacial score (nSPS) is 10.9. The van der Waals surface area contributed by atoms with Crippen LogP contribution < -0.4 is 5.32 Å². The van der Waals surface area contributed by atoms with E-state index < -0.39 is 0 Å². The Bertz CT molecular complexity index is 1190. The molecule has 0 aliphatic carbocycles. The second-order valence-corrected chi connectivity index (χ2v) is 9.20. The Morgan fingerprint density at radius 3 is 2.35 bits per heavy atom. The summed E-state index contributed by atoms with van der Waals surface area (Å²) in [6.45, 7) is 2.71. The molecule has 4 rings (SSSR count). The van der Waals surface area contributed by atoms with Crippen molar-refractivity contribution in [2.75, 3.05) is 0 Å². The van der Waals surface area contributed by atoms with E-state index in [1.807, 2.05) is 48.5 Å². The number of amides is 1. The maximum atomic E-state index is 12.2. The molecular weight excluding hydrogens is 440 g/mol. The first-order valence-corrected chi connectivity index (χ1v) is 12.7. The standard InChI is InChI=1S/C28H30N4OS/c1-22-12-8-9-15-24(22)21-34-28-31-30-26(32(28)25-16-6-3-7-17-25)18-10-11-19-27(33)29-20-23-13-4-2-5-14-23/h2-9,12-17H,10-11,18-21H2,1H3,(H,29,33). The number of carbonyl (C=O) groups excluding carboxylic acids is 1. The SMILES string of the molecule is Cc1ccccc1CSc1nnc(CCCCC(=O)NCc2ccccc2)n1-c1ccccc1. The van der Waals surface area contributed by atoms with Gasteiger partial charge in [0.15, 0.2) is 5.16 Å². The van der Waals surface area contributed by atoms with E-state index in [1.54, 1.807) is 11.8 Å². The first-order chi connectivity index (χ1) is 16.7. The van der Waals surface area contributed by atoms with Crippen molar-refractivity contribution in [1.29, 1.82) is 0 Å². The largest absolute Gasteiger partial charge is 0.352 e. The van der Waals surface area contributed by atoms with Crippen molar-refractivity contribution in [2.24, 2.45) is 0 Å². The van der Waals surface area contributed by atoms with Gasteiger partial charge in [-0.1, -0.05) is 84.6 Å². The average molecular weight is 471 g/mol. The van der Waals surface area contributed by atoms with Crippen LogP contribution in [0.3, 0.4) is 0 Å². The van der Waals surface area contributed by atoms with Crippen molar-refractivity contribution in [3.63, 3.8) is 0 Å². The van der Waals surface area contributed by atoms with Crippen LogP contribution in [0.1, 0.15) is 41.8 Å². The van der Waals surface area contributed by atoms with Crippen LogP contribution in [0.4, 0.5) is 0 Å². The molecule has 3 aromatic carbocycles. The predicted molar refractivity (Wildman–Crippen MR) is 138 cm³/mol. The van der Waals surface area contributed by atoms with Crippen LogP contribution >= 0.6 is 11.8 Å². The average Bonchev–Trinajstić information content (AvgIpc) is 3.28. The highest BCUT2D eigenvalue weighted by molar-refractivity contribution is 7.98. The summed E-state index contributed by atoms with van der Waals surface area (Å²) in [6.07, 6.45) is 2.99. The lowest BCUT2D eigenvalue weighted by atomic mass is 10.1. The Morgan fingerprint density at radius 2 is 1.59 bits per heavy atom. The summed E-state index contributed by atoms with van der Waals surface area (Å²) >= 11 is 1.70. The van der Waals surface area contributed by atoms with Crippen LogP contribution in [0.5, 0.6) is 0 Å². The highest BCUT2D eigenvalue weighted by atomic mass is 32.2. The third-order valence-corrected chi connectivity index (χ3v) is 6.70. The number of rotatable bonds is 11. The molecular formula is C28H30N4OS. The number of carbonyl (C=O) groups is 1. The summed E-state index contributed by atoms with van der Waals surface area (Å²) < 4.78 is 2.15. The van der Waals surface area contributed by atoms with Gasteiger partial charge < -0.3 is 5.32 Å². The fourth-order valence-corrected chi connectivity index (χ4v) is 4.81. The second-order valence-electron chi connectivity index (χ2n) is 8.25. The van der Waals surface area contributed by atoms with E-state index in [9.17, 15) is 4.79 Å². The second kappa shape index (κ2) is 12.2. The Hall–Kier alpha value is -3.38. The lowest BCUT2D eigenvalue weighted by molar-refractivity contribution is -0.121. The van der Waals surface area contributed by atoms with Crippen molar-refractivity contribution < 1.29 is 4.79 Å². The monoisotopic (exact) mass is 470 g/mol. The number of para-hydroxylation sites is 1. The topological polar surface area (TPSA) is 59.8 Å². The highest BCUT2D eigenvalue weighted by Crippen LogP contribution is 2.27. The van der Waals surface area contributed by atoms with Gasteiger partial charge in [-0.2, -0.15) is 0 Å². The summed E-state index contributed by atoms with van der Waals surface area (Å²) in [6, 6.07) is 28.7. The quantitative estimate of drug-likeness (QED) is 0.219. The fraction of sp³-hybridized carbons (Fsp3) is 0.250. The molecule has 0 aliphatic heterocycles. The van der Waals surface area contributed by atoms with Crippen molar-refractivity contribution >= 4 is 17.7 Å². The van der Waals surface area contributed by atoms with Crippen LogP contribution in [-0.4, -0.2) is 20.7 Å². The molecule has 1 aromatic heterocycles. The molecule has 4 aromatic rings. The van der Waals surface area contributed by atoms with Gasteiger partial charge in [0, 0.05) is 30.8 Å². The minimum Gasteiger partial charge on any atom is -0.352 e. The summed E-state index contributed by atoms with van der Waals surface area (Å²) in [4.78, 5) is 12.2. The Balaban J connectivity index is 1.34. The molecule has 0 saturated carbocycles. The first-order valence-electron chi connectivity index (χ1n) is 11.7. The number of nitrogens with one attached hydrogen (secondary N) is 1. The maximum Gasteiger partial charge on any atom is 0.220 e. The molecule has 0 radical (unpaired) electrons. The van der Waals surface area contributed by atoms with Gasteiger partial charge in [0.2, 0.25) is 5.91 Å². The third kappa shape index (κ3) is 6.58. The van der Waals surface area contributed by atoms with E-state index in [0.717, 1.165) is 47.2 Å². The van der Waals surface area contributed by atoms with Crippen LogP contribution in [0, 0.1) is 6.92 Å². The van der Waals surface area contributed by atoms with Crippen LogP contribution in [-0.2, 0) is 23.5 Å². The van der Waals surface area contributed by atoms with Gasteiger partial charge in [-0.05, 0) is 48.6 Å². The molecule has 0 aliphatic rings. The number of nitrogens with zero attached hydrogens (tertiary/aromatic N) is 3. The van der Waals surface area contributed by atoms with E-state index in [1.165, 1.54) is 11.1 Å².